The molecule has 0 aliphatic heterocycles. The van der Waals surface area contributed by atoms with Crippen LogP contribution in [0, 0.1) is 3.57 Å². The molecule has 0 aliphatic carbocycles. The third-order valence-electron chi connectivity index (χ3n) is 2.09. The van der Waals surface area contributed by atoms with Gasteiger partial charge >= 0.3 is 0 Å². The Kier molecular flexibility index (Phi) is 4.48. The van der Waals surface area contributed by atoms with Crippen LogP contribution in [0.1, 0.15) is 5.56 Å². The number of ether oxygens (including phenoxy) is 1. The number of aromatic nitrogens is 1. The lowest BCUT2D eigenvalue weighted by Gasteiger charge is -2.07. The molecule has 1 heterocycles. The number of pyridine rings is 1. The summed E-state index contributed by atoms with van der Waals surface area (Å²) in [5.41, 5.74) is 0.815. The maximum absolute atomic E-state index is 6.02. The molecule has 5 heteroatoms. The fourth-order valence-electron chi connectivity index (χ4n) is 1.26. The van der Waals surface area contributed by atoms with Crippen molar-refractivity contribution < 1.29 is 4.74 Å². The van der Waals surface area contributed by atoms with Crippen LogP contribution >= 0.6 is 45.8 Å². The van der Waals surface area contributed by atoms with Crippen LogP contribution in [0.4, 0.5) is 0 Å². The third kappa shape index (κ3) is 3.72. The lowest BCUT2D eigenvalue weighted by molar-refractivity contribution is 0.305. The van der Waals surface area contributed by atoms with Gasteiger partial charge < -0.3 is 4.74 Å². The molecule has 0 radical (unpaired) electrons. The van der Waals surface area contributed by atoms with E-state index in [9.17, 15) is 0 Å². The van der Waals surface area contributed by atoms with Crippen molar-refractivity contribution in [3.8, 4) is 5.75 Å². The van der Waals surface area contributed by atoms with Crippen molar-refractivity contribution >= 4 is 45.8 Å². The van der Waals surface area contributed by atoms with E-state index in [1.165, 1.54) is 0 Å². The molecule has 2 rings (SSSR count). The van der Waals surface area contributed by atoms with Crippen LogP contribution in [-0.4, -0.2) is 4.98 Å². The van der Waals surface area contributed by atoms with Gasteiger partial charge in [0, 0.05) is 15.3 Å². The Balaban J connectivity index is 2.07. The Morgan fingerprint density at radius 1 is 1.24 bits per heavy atom. The first kappa shape index (κ1) is 12.9. The van der Waals surface area contributed by atoms with Gasteiger partial charge in [-0.2, -0.15) is 0 Å². The topological polar surface area (TPSA) is 22.1 Å². The molecule has 0 fully saturated rings. The minimum absolute atomic E-state index is 0.378. The zero-order valence-corrected chi connectivity index (χ0v) is 12.3. The molecule has 0 atom stereocenters. The molecule has 17 heavy (non-hydrogen) atoms. The second-order valence-corrected chi connectivity index (χ2v) is 5.38. The Morgan fingerprint density at radius 3 is 2.76 bits per heavy atom. The van der Waals surface area contributed by atoms with Crippen LogP contribution in [0.2, 0.25) is 10.2 Å². The zero-order valence-electron chi connectivity index (χ0n) is 8.66. The normalized spacial score (nSPS) is 10.3. The van der Waals surface area contributed by atoms with Crippen LogP contribution in [-0.2, 0) is 6.61 Å². The predicted octanol–water partition coefficient (Wildman–Crippen LogP) is 4.57. The third-order valence-corrected chi connectivity index (χ3v) is 3.32. The van der Waals surface area contributed by atoms with Gasteiger partial charge in [0.2, 0.25) is 0 Å². The molecule has 0 aliphatic rings. The zero-order chi connectivity index (χ0) is 12.3. The summed E-state index contributed by atoms with van der Waals surface area (Å²) in [6.07, 6.45) is 1.62. The minimum Gasteiger partial charge on any atom is -0.489 e. The fraction of sp³-hybridized carbons (Fsp3) is 0.0833. The predicted molar refractivity (Wildman–Crippen MR) is 77.7 cm³/mol. The summed E-state index contributed by atoms with van der Waals surface area (Å²) in [6, 6.07) is 9.41. The van der Waals surface area contributed by atoms with Crippen molar-refractivity contribution in [3.63, 3.8) is 0 Å². The lowest BCUT2D eigenvalue weighted by Crippen LogP contribution is -1.97. The van der Waals surface area contributed by atoms with Crippen molar-refractivity contribution in [2.24, 2.45) is 0 Å². The van der Waals surface area contributed by atoms with Crippen LogP contribution in [0.15, 0.2) is 36.5 Å². The summed E-state index contributed by atoms with van der Waals surface area (Å²) in [4.78, 5) is 3.97. The molecule has 0 spiro atoms. The van der Waals surface area contributed by atoms with Gasteiger partial charge in [-0.15, -0.1) is 0 Å². The van der Waals surface area contributed by atoms with Gasteiger partial charge in [-0.1, -0.05) is 29.3 Å². The quantitative estimate of drug-likeness (QED) is 0.575. The number of hydrogen-bond acceptors (Lipinski definition) is 2. The standard InChI is InChI=1S/C12H8Cl2INO/c13-11-5-12(14)16-6-8(11)7-17-10-3-1-2-9(15)4-10/h1-6H,7H2. The molecular weight excluding hydrogens is 372 g/mol. The second-order valence-electron chi connectivity index (χ2n) is 3.34. The molecule has 0 N–H and O–H groups in total. The highest BCUT2D eigenvalue weighted by molar-refractivity contribution is 14.1. The summed E-state index contributed by atoms with van der Waals surface area (Å²) >= 11 is 14.0. The Morgan fingerprint density at radius 2 is 2.06 bits per heavy atom. The van der Waals surface area contributed by atoms with Gasteiger partial charge in [0.1, 0.15) is 17.5 Å². The molecule has 88 valence electrons. The highest BCUT2D eigenvalue weighted by atomic mass is 127. The molecule has 0 unspecified atom stereocenters. The maximum Gasteiger partial charge on any atom is 0.130 e. The number of halogens is 3. The van der Waals surface area contributed by atoms with Crippen LogP contribution in [0.25, 0.3) is 0 Å². The van der Waals surface area contributed by atoms with Crippen molar-refractivity contribution in [2.45, 2.75) is 6.61 Å². The van der Waals surface area contributed by atoms with Gasteiger partial charge in [0.05, 0.1) is 5.02 Å². The average molecular weight is 380 g/mol. The van der Waals surface area contributed by atoms with Gasteiger partial charge in [0.25, 0.3) is 0 Å². The summed E-state index contributed by atoms with van der Waals surface area (Å²) in [6.45, 7) is 0.378. The van der Waals surface area contributed by atoms with Gasteiger partial charge in [-0.25, -0.2) is 4.98 Å². The molecule has 1 aromatic carbocycles. The van der Waals surface area contributed by atoms with E-state index in [4.69, 9.17) is 27.9 Å². The monoisotopic (exact) mass is 379 g/mol. The lowest BCUT2D eigenvalue weighted by atomic mass is 10.3. The second kappa shape index (κ2) is 5.89. The molecule has 0 saturated carbocycles. The molecule has 0 amide bonds. The van der Waals surface area contributed by atoms with E-state index in [2.05, 4.69) is 27.6 Å². The van der Waals surface area contributed by atoms with E-state index in [1.807, 2.05) is 24.3 Å². The molecule has 2 aromatic rings. The highest BCUT2D eigenvalue weighted by Gasteiger charge is 2.03. The Hall–Kier alpha value is -0.520. The van der Waals surface area contributed by atoms with Gasteiger partial charge in [0.15, 0.2) is 0 Å². The summed E-state index contributed by atoms with van der Waals surface area (Å²) in [5.74, 6) is 0.808. The van der Waals surface area contributed by atoms with Crippen molar-refractivity contribution in [2.75, 3.05) is 0 Å². The van der Waals surface area contributed by atoms with E-state index in [-0.39, 0.29) is 0 Å². The van der Waals surface area contributed by atoms with Crippen molar-refractivity contribution in [3.05, 3.63) is 55.8 Å². The number of benzene rings is 1. The summed E-state index contributed by atoms with van der Waals surface area (Å²) < 4.78 is 6.75. The largest absolute Gasteiger partial charge is 0.489 e. The van der Waals surface area contributed by atoms with E-state index in [1.54, 1.807) is 12.3 Å². The minimum atomic E-state index is 0.378. The number of rotatable bonds is 3. The van der Waals surface area contributed by atoms with Crippen LogP contribution in [0.3, 0.4) is 0 Å². The number of hydrogen-bond donors (Lipinski definition) is 0. The summed E-state index contributed by atoms with van der Waals surface area (Å²) in [7, 11) is 0. The van der Waals surface area contributed by atoms with E-state index >= 15 is 0 Å². The van der Waals surface area contributed by atoms with Gasteiger partial charge in [-0.05, 0) is 46.9 Å². The SMILES string of the molecule is Clc1cc(Cl)c(COc2cccc(I)c2)cn1. The first-order chi connectivity index (χ1) is 8.15. The Labute approximate surface area is 123 Å². The van der Waals surface area contributed by atoms with Crippen LogP contribution in [0.5, 0.6) is 5.75 Å². The molecular formula is C12H8Cl2INO. The number of nitrogens with zero attached hydrogens (tertiary/aromatic N) is 1. The smallest absolute Gasteiger partial charge is 0.130 e. The molecule has 0 bridgehead atoms. The Bertz CT molecular complexity index is 534. The highest BCUT2D eigenvalue weighted by Crippen LogP contribution is 2.21. The van der Waals surface area contributed by atoms with Crippen molar-refractivity contribution in [1.29, 1.82) is 0 Å². The fourth-order valence-corrected chi connectivity index (χ4v) is 2.19. The van der Waals surface area contributed by atoms with Gasteiger partial charge in [-0.3, -0.25) is 0 Å². The van der Waals surface area contributed by atoms with E-state index < -0.39 is 0 Å². The van der Waals surface area contributed by atoms with Crippen LogP contribution < -0.4 is 4.74 Å². The maximum atomic E-state index is 6.02. The molecule has 0 saturated heterocycles. The van der Waals surface area contributed by atoms with E-state index in [0.717, 1.165) is 14.9 Å². The summed E-state index contributed by atoms with van der Waals surface area (Å²) in [5, 5.41) is 0.948. The first-order valence-electron chi connectivity index (χ1n) is 4.83. The first-order valence-corrected chi connectivity index (χ1v) is 6.67. The van der Waals surface area contributed by atoms with Crippen molar-refractivity contribution in [1.82, 2.24) is 4.98 Å². The molecule has 2 nitrogen and oxygen atoms in total. The van der Waals surface area contributed by atoms with E-state index in [0.29, 0.717) is 16.8 Å². The molecule has 1 aromatic heterocycles. The average Bonchev–Trinajstić information content (AvgIpc) is 2.28.